The minimum Gasteiger partial charge on any atom is -0.464 e. The van der Waals surface area contributed by atoms with Gasteiger partial charge in [0, 0.05) is 22.4 Å². The summed E-state index contributed by atoms with van der Waals surface area (Å²) >= 11 is 0. The third-order valence-corrected chi connectivity index (χ3v) is 16.5. The Morgan fingerprint density at radius 2 is 0.618 bits per heavy atom. The zero-order valence-electron chi connectivity index (χ0n) is 41.6. The van der Waals surface area contributed by atoms with E-state index in [1.807, 2.05) is 6.07 Å². The summed E-state index contributed by atoms with van der Waals surface area (Å²) in [5.74, 6) is 0. The van der Waals surface area contributed by atoms with Crippen LogP contribution in [0.1, 0.15) is 44.5 Å². The highest BCUT2D eigenvalue weighted by atomic mass is 16.3. The van der Waals surface area contributed by atoms with Crippen LogP contribution in [-0.2, 0) is 10.8 Å². The lowest BCUT2D eigenvalue weighted by Crippen LogP contribution is -2.29. The van der Waals surface area contributed by atoms with Crippen LogP contribution in [-0.4, -0.2) is 0 Å². The highest BCUT2D eigenvalue weighted by Crippen LogP contribution is 2.59. The van der Waals surface area contributed by atoms with Gasteiger partial charge in [0.05, 0.1) is 17.1 Å². The van der Waals surface area contributed by atoms with E-state index in [0.29, 0.717) is 0 Å². The lowest BCUT2D eigenvalue weighted by atomic mass is 9.67. The van der Waals surface area contributed by atoms with Crippen molar-refractivity contribution in [1.82, 2.24) is 0 Å². The standard InChI is InChI=1S/C74H49NO/c1-5-17-57(18-6-1)73(58-19-7-2-8-20-58)68-27-15-13-25-64(68)66-41-39-62(48-70(66)73)75(61-38-37-54-45-53(35-36-55(54)46-61)50-29-31-51(32-30-50)56-34-33-52-43-44-76-72(52)47-56)63-40-42-67-65-26-14-16-28-69(65)74(71(67)49-63,59-21-9-3-10-22-59)60-23-11-4-12-24-60/h1-49H. The Labute approximate surface area is 443 Å². The van der Waals surface area contributed by atoms with Crippen molar-refractivity contribution in [1.29, 1.82) is 0 Å². The monoisotopic (exact) mass is 967 g/mol. The van der Waals surface area contributed by atoms with Crippen LogP contribution in [0.3, 0.4) is 0 Å². The van der Waals surface area contributed by atoms with E-state index in [9.17, 15) is 0 Å². The summed E-state index contributed by atoms with van der Waals surface area (Å²) in [4.78, 5) is 2.50. The van der Waals surface area contributed by atoms with Gasteiger partial charge in [-0.2, -0.15) is 0 Å². The molecule has 0 saturated carbocycles. The number of benzene rings is 12. The maximum Gasteiger partial charge on any atom is 0.134 e. The normalized spacial score (nSPS) is 13.5. The molecule has 76 heavy (non-hydrogen) atoms. The van der Waals surface area contributed by atoms with Gasteiger partial charge in [-0.3, -0.25) is 0 Å². The van der Waals surface area contributed by atoms with Crippen molar-refractivity contribution in [3.63, 3.8) is 0 Å². The summed E-state index contributed by atoms with van der Waals surface area (Å²) in [6, 6.07) is 108. The van der Waals surface area contributed by atoms with Crippen LogP contribution in [0.5, 0.6) is 0 Å². The maximum absolute atomic E-state index is 5.73. The van der Waals surface area contributed by atoms with E-state index in [4.69, 9.17) is 4.42 Å². The molecule has 12 aromatic carbocycles. The Bertz CT molecular complexity index is 4070. The Balaban J connectivity index is 0.930. The molecule has 0 spiro atoms. The second kappa shape index (κ2) is 17.4. The van der Waals surface area contributed by atoms with E-state index in [2.05, 4.69) is 290 Å². The number of anilines is 3. The average molecular weight is 968 g/mol. The summed E-state index contributed by atoms with van der Waals surface area (Å²) in [7, 11) is 0. The summed E-state index contributed by atoms with van der Waals surface area (Å²) < 4.78 is 5.73. The second-order valence-corrected chi connectivity index (χ2v) is 20.3. The summed E-state index contributed by atoms with van der Waals surface area (Å²) in [5.41, 5.74) is 22.8. The molecule has 0 N–H and O–H groups in total. The molecule has 0 amide bonds. The van der Waals surface area contributed by atoms with Gasteiger partial charge in [0.15, 0.2) is 0 Å². The molecule has 15 rings (SSSR count). The van der Waals surface area contributed by atoms with Crippen molar-refractivity contribution in [2.45, 2.75) is 10.8 Å². The van der Waals surface area contributed by atoms with E-state index in [-0.39, 0.29) is 0 Å². The molecule has 2 aliphatic carbocycles. The summed E-state index contributed by atoms with van der Waals surface area (Å²) in [5, 5.41) is 3.46. The molecule has 356 valence electrons. The Morgan fingerprint density at radius 3 is 1.12 bits per heavy atom. The first-order valence-corrected chi connectivity index (χ1v) is 26.3. The zero-order chi connectivity index (χ0) is 50.2. The lowest BCUT2D eigenvalue weighted by Gasteiger charge is -2.36. The van der Waals surface area contributed by atoms with Crippen LogP contribution in [0.25, 0.3) is 66.2 Å². The first-order valence-electron chi connectivity index (χ1n) is 26.3. The number of hydrogen-bond donors (Lipinski definition) is 0. The predicted molar refractivity (Wildman–Crippen MR) is 314 cm³/mol. The highest BCUT2D eigenvalue weighted by molar-refractivity contribution is 5.96. The first-order chi connectivity index (χ1) is 37.7. The van der Waals surface area contributed by atoms with Crippen LogP contribution in [0.4, 0.5) is 17.1 Å². The van der Waals surface area contributed by atoms with Gasteiger partial charge in [0.1, 0.15) is 5.58 Å². The molecule has 2 heteroatoms. The summed E-state index contributed by atoms with van der Waals surface area (Å²) in [6.45, 7) is 0. The molecule has 1 heterocycles. The van der Waals surface area contributed by atoms with E-state index in [0.717, 1.165) is 39.2 Å². The van der Waals surface area contributed by atoms with Gasteiger partial charge >= 0.3 is 0 Å². The molecule has 0 fully saturated rings. The fourth-order valence-corrected chi connectivity index (χ4v) is 13.1. The molecule has 0 aliphatic heterocycles. The first kappa shape index (κ1) is 43.8. The molecule has 13 aromatic rings. The molecule has 2 aliphatic rings. The zero-order valence-corrected chi connectivity index (χ0v) is 41.6. The van der Waals surface area contributed by atoms with E-state index >= 15 is 0 Å². The van der Waals surface area contributed by atoms with Gasteiger partial charge in [0.2, 0.25) is 0 Å². The molecular formula is C74H49NO. The lowest BCUT2D eigenvalue weighted by molar-refractivity contribution is 0.616. The van der Waals surface area contributed by atoms with Crippen LogP contribution in [0.2, 0.25) is 0 Å². The molecule has 0 unspecified atom stereocenters. The largest absolute Gasteiger partial charge is 0.464 e. The van der Waals surface area contributed by atoms with Crippen molar-refractivity contribution in [3.8, 4) is 44.5 Å². The average Bonchev–Trinajstić information content (AvgIpc) is 4.36. The Morgan fingerprint density at radius 1 is 0.250 bits per heavy atom. The highest BCUT2D eigenvalue weighted by Gasteiger charge is 2.48. The molecule has 0 atom stereocenters. The van der Waals surface area contributed by atoms with E-state index in [1.165, 1.54) is 88.7 Å². The molecule has 0 saturated heterocycles. The van der Waals surface area contributed by atoms with Crippen molar-refractivity contribution < 1.29 is 4.42 Å². The topological polar surface area (TPSA) is 16.4 Å². The molecule has 2 nitrogen and oxygen atoms in total. The molecular weight excluding hydrogens is 919 g/mol. The van der Waals surface area contributed by atoms with Crippen LogP contribution < -0.4 is 4.90 Å². The third-order valence-electron chi connectivity index (χ3n) is 16.5. The smallest absolute Gasteiger partial charge is 0.134 e. The molecule has 0 radical (unpaired) electrons. The fraction of sp³-hybridized carbons (Fsp3) is 0.0270. The fourth-order valence-electron chi connectivity index (χ4n) is 13.1. The van der Waals surface area contributed by atoms with Gasteiger partial charge in [-0.1, -0.05) is 237 Å². The SMILES string of the molecule is c1ccc(C2(c3ccccc3)c3ccccc3-c3ccc(N(c4ccc5c(c4)C(c4ccccc4)(c4ccccc4)c4ccccc4-5)c4ccc5cc(-c6ccc(-c7ccc8ccoc8c7)cc6)ccc5c4)cc32)cc1. The van der Waals surface area contributed by atoms with E-state index in [1.54, 1.807) is 6.26 Å². The van der Waals surface area contributed by atoms with Crippen molar-refractivity contribution in [2.75, 3.05) is 4.90 Å². The van der Waals surface area contributed by atoms with Crippen LogP contribution >= 0.6 is 0 Å². The quantitative estimate of drug-likeness (QED) is 0.143. The number of nitrogens with zero attached hydrogens (tertiary/aromatic N) is 1. The minimum absolute atomic E-state index is 0.559. The number of fused-ring (bicyclic) bond motifs is 8. The summed E-state index contributed by atoms with van der Waals surface area (Å²) in [6.07, 6.45) is 1.75. The Kier molecular flexibility index (Phi) is 10.0. The number of hydrogen-bond acceptors (Lipinski definition) is 2. The van der Waals surface area contributed by atoms with Gasteiger partial charge in [-0.25, -0.2) is 0 Å². The van der Waals surface area contributed by atoms with Crippen molar-refractivity contribution >= 4 is 38.8 Å². The minimum atomic E-state index is -0.559. The van der Waals surface area contributed by atoms with Crippen molar-refractivity contribution in [2.24, 2.45) is 0 Å². The van der Waals surface area contributed by atoms with Crippen molar-refractivity contribution in [3.05, 3.63) is 342 Å². The Hall–Kier alpha value is -9.76. The third kappa shape index (κ3) is 6.60. The van der Waals surface area contributed by atoms with Gasteiger partial charge in [-0.15, -0.1) is 0 Å². The molecule has 0 bridgehead atoms. The number of rotatable bonds is 9. The molecule has 1 aromatic heterocycles. The van der Waals surface area contributed by atoms with Gasteiger partial charge in [0.25, 0.3) is 0 Å². The van der Waals surface area contributed by atoms with Gasteiger partial charge < -0.3 is 9.32 Å². The van der Waals surface area contributed by atoms with E-state index < -0.39 is 10.8 Å². The second-order valence-electron chi connectivity index (χ2n) is 20.3. The van der Waals surface area contributed by atoms with Crippen LogP contribution in [0.15, 0.2) is 302 Å². The predicted octanol–water partition coefficient (Wildman–Crippen LogP) is 19.1. The number of furan rings is 1. The maximum atomic E-state index is 5.73. The van der Waals surface area contributed by atoms with Gasteiger partial charge in [-0.05, 0) is 154 Å². The van der Waals surface area contributed by atoms with Crippen LogP contribution in [0, 0.1) is 0 Å².